The third-order valence-electron chi connectivity index (χ3n) is 6.68. The van der Waals surface area contributed by atoms with Crippen molar-refractivity contribution in [3.8, 4) is 11.5 Å². The number of carbonyl (C=O) groups is 2. The van der Waals surface area contributed by atoms with Crippen molar-refractivity contribution < 1.29 is 19.1 Å². The summed E-state index contributed by atoms with van der Waals surface area (Å²) in [6.07, 6.45) is 2.72. The number of fused-ring (bicyclic) bond motifs is 1. The second kappa shape index (κ2) is 11.2. The number of carbonyl (C=O) groups excluding carboxylic acids is 2. The van der Waals surface area contributed by atoms with E-state index in [0.29, 0.717) is 24.4 Å². The summed E-state index contributed by atoms with van der Waals surface area (Å²) >= 11 is 3.40. The summed E-state index contributed by atoms with van der Waals surface area (Å²) in [5, 5.41) is 2.99. The molecular formula is C26H32BrN3O4. The van der Waals surface area contributed by atoms with Crippen LogP contribution in [-0.2, 0) is 17.8 Å². The Kier molecular flexibility index (Phi) is 8.11. The van der Waals surface area contributed by atoms with E-state index in [9.17, 15) is 9.59 Å². The van der Waals surface area contributed by atoms with Gasteiger partial charge in [-0.15, -0.1) is 0 Å². The Morgan fingerprint density at radius 3 is 2.59 bits per heavy atom. The molecule has 2 heterocycles. The molecule has 0 aliphatic carbocycles. The van der Waals surface area contributed by atoms with Gasteiger partial charge in [-0.05, 0) is 67.3 Å². The number of amides is 2. The summed E-state index contributed by atoms with van der Waals surface area (Å²) in [6.45, 7) is 4.32. The molecule has 2 aliphatic heterocycles. The standard InChI is InChI=1S/C26H32BrN3O4/c1-33-23-14-18-8-11-30(17-21(18)15-24(23)34-2)26(32)20-6-4-10-29(16-20)12-9-28-25(31)19-5-3-7-22(27)13-19/h3,5,7,13-15,20H,4,6,8-12,16-17H2,1-2H3,(H,28,31). The topological polar surface area (TPSA) is 71.1 Å². The first-order chi connectivity index (χ1) is 16.5. The lowest BCUT2D eigenvalue weighted by Crippen LogP contribution is -2.47. The number of methoxy groups -OCH3 is 2. The Labute approximate surface area is 209 Å². The van der Waals surface area contributed by atoms with Crippen LogP contribution in [-0.4, -0.2) is 68.6 Å². The van der Waals surface area contributed by atoms with Gasteiger partial charge < -0.3 is 24.6 Å². The van der Waals surface area contributed by atoms with Gasteiger partial charge in [-0.1, -0.05) is 22.0 Å². The van der Waals surface area contributed by atoms with Gasteiger partial charge in [-0.3, -0.25) is 9.59 Å². The normalized spacial score (nSPS) is 18.2. The molecule has 2 aromatic carbocycles. The molecule has 34 heavy (non-hydrogen) atoms. The molecule has 2 aliphatic rings. The van der Waals surface area contributed by atoms with Gasteiger partial charge >= 0.3 is 0 Å². The average Bonchev–Trinajstić information content (AvgIpc) is 2.87. The van der Waals surface area contributed by atoms with Crippen LogP contribution in [0.15, 0.2) is 40.9 Å². The van der Waals surface area contributed by atoms with Gasteiger partial charge in [0.2, 0.25) is 5.91 Å². The summed E-state index contributed by atoms with van der Waals surface area (Å²) < 4.78 is 11.8. The van der Waals surface area contributed by atoms with Crippen LogP contribution in [0, 0.1) is 5.92 Å². The average molecular weight is 530 g/mol. The number of hydrogen-bond acceptors (Lipinski definition) is 5. The van der Waals surface area contributed by atoms with Crippen LogP contribution in [0.1, 0.15) is 34.3 Å². The monoisotopic (exact) mass is 529 g/mol. The van der Waals surface area contributed by atoms with Gasteiger partial charge in [0.15, 0.2) is 11.5 Å². The molecule has 0 saturated carbocycles. The van der Waals surface area contributed by atoms with Crippen LogP contribution in [0.5, 0.6) is 11.5 Å². The van der Waals surface area contributed by atoms with Crippen molar-refractivity contribution in [2.24, 2.45) is 5.92 Å². The predicted molar refractivity (Wildman–Crippen MR) is 134 cm³/mol. The number of ether oxygens (including phenoxy) is 2. The van der Waals surface area contributed by atoms with Crippen molar-refractivity contribution in [3.63, 3.8) is 0 Å². The summed E-state index contributed by atoms with van der Waals surface area (Å²) in [5.41, 5.74) is 2.98. The van der Waals surface area contributed by atoms with Gasteiger partial charge in [0.05, 0.1) is 20.1 Å². The maximum atomic E-state index is 13.4. The van der Waals surface area contributed by atoms with Crippen LogP contribution >= 0.6 is 15.9 Å². The van der Waals surface area contributed by atoms with E-state index in [2.05, 4.69) is 26.1 Å². The number of nitrogens with zero attached hydrogens (tertiary/aromatic N) is 2. The lowest BCUT2D eigenvalue weighted by molar-refractivity contribution is -0.138. The summed E-state index contributed by atoms with van der Waals surface area (Å²) in [6, 6.07) is 11.4. The van der Waals surface area contributed by atoms with E-state index in [0.717, 1.165) is 61.2 Å². The Morgan fingerprint density at radius 2 is 1.85 bits per heavy atom. The zero-order valence-electron chi connectivity index (χ0n) is 19.8. The van der Waals surface area contributed by atoms with Crippen LogP contribution in [0.2, 0.25) is 0 Å². The van der Waals surface area contributed by atoms with Crippen LogP contribution < -0.4 is 14.8 Å². The predicted octanol–water partition coefficient (Wildman–Crippen LogP) is 3.49. The lowest BCUT2D eigenvalue weighted by atomic mass is 9.93. The van der Waals surface area contributed by atoms with Crippen molar-refractivity contribution in [1.82, 2.24) is 15.1 Å². The molecule has 1 N–H and O–H groups in total. The third kappa shape index (κ3) is 5.73. The molecule has 1 atom stereocenters. The Balaban J connectivity index is 1.30. The van der Waals surface area contributed by atoms with Gasteiger partial charge in [0, 0.05) is 42.8 Å². The molecule has 2 aromatic rings. The molecule has 0 bridgehead atoms. The molecule has 1 saturated heterocycles. The first kappa shape index (κ1) is 24.5. The number of likely N-dealkylation sites (tertiary alicyclic amines) is 1. The van der Waals surface area contributed by atoms with Gasteiger partial charge in [0.25, 0.3) is 5.91 Å². The van der Waals surface area contributed by atoms with Gasteiger partial charge in [-0.25, -0.2) is 0 Å². The van der Waals surface area contributed by atoms with Crippen molar-refractivity contribution in [2.45, 2.75) is 25.8 Å². The van der Waals surface area contributed by atoms with Crippen LogP contribution in [0.3, 0.4) is 0 Å². The van der Waals surface area contributed by atoms with Gasteiger partial charge in [0.1, 0.15) is 0 Å². The van der Waals surface area contributed by atoms with Crippen molar-refractivity contribution in [1.29, 1.82) is 0 Å². The molecule has 4 rings (SSSR count). The largest absolute Gasteiger partial charge is 0.493 e. The highest BCUT2D eigenvalue weighted by Crippen LogP contribution is 2.34. The van der Waals surface area contributed by atoms with E-state index in [1.54, 1.807) is 20.3 Å². The highest BCUT2D eigenvalue weighted by Gasteiger charge is 2.31. The highest BCUT2D eigenvalue weighted by atomic mass is 79.9. The minimum atomic E-state index is -0.0787. The zero-order valence-corrected chi connectivity index (χ0v) is 21.4. The third-order valence-corrected chi connectivity index (χ3v) is 7.18. The first-order valence-corrected chi connectivity index (χ1v) is 12.6. The fourth-order valence-electron chi connectivity index (χ4n) is 4.85. The molecule has 1 unspecified atom stereocenters. The number of rotatable bonds is 7. The number of piperidine rings is 1. The summed E-state index contributed by atoms with van der Waals surface area (Å²) in [7, 11) is 3.28. The van der Waals surface area contributed by atoms with Gasteiger partial charge in [-0.2, -0.15) is 0 Å². The molecule has 8 heteroatoms. The quantitative estimate of drug-likeness (QED) is 0.594. The molecular weight excluding hydrogens is 498 g/mol. The molecule has 7 nitrogen and oxygen atoms in total. The van der Waals surface area contributed by atoms with Crippen LogP contribution in [0.25, 0.3) is 0 Å². The molecule has 1 fully saturated rings. The van der Waals surface area contributed by atoms with E-state index < -0.39 is 0 Å². The second-order valence-corrected chi connectivity index (χ2v) is 9.81. The molecule has 182 valence electrons. The maximum absolute atomic E-state index is 13.4. The molecule has 0 spiro atoms. The molecule has 0 aromatic heterocycles. The van der Waals surface area contributed by atoms with Crippen molar-refractivity contribution in [3.05, 3.63) is 57.6 Å². The SMILES string of the molecule is COc1cc2c(cc1OC)CN(C(=O)C1CCCN(CCNC(=O)c3cccc(Br)c3)C1)CC2. The number of benzene rings is 2. The smallest absolute Gasteiger partial charge is 0.251 e. The molecule has 2 amide bonds. The van der Waals surface area contributed by atoms with E-state index in [1.165, 1.54) is 5.56 Å². The minimum Gasteiger partial charge on any atom is -0.493 e. The zero-order chi connectivity index (χ0) is 24.1. The Bertz CT molecular complexity index is 1040. The number of halogens is 1. The molecule has 0 radical (unpaired) electrons. The van der Waals surface area contributed by atoms with Crippen molar-refractivity contribution in [2.75, 3.05) is 46.9 Å². The van der Waals surface area contributed by atoms with E-state index >= 15 is 0 Å². The number of hydrogen-bond donors (Lipinski definition) is 1. The fourth-order valence-corrected chi connectivity index (χ4v) is 5.25. The second-order valence-electron chi connectivity index (χ2n) is 8.89. The minimum absolute atomic E-state index is 0.00350. The summed E-state index contributed by atoms with van der Waals surface area (Å²) in [5.74, 6) is 1.57. The summed E-state index contributed by atoms with van der Waals surface area (Å²) in [4.78, 5) is 30.0. The van der Waals surface area contributed by atoms with Crippen LogP contribution in [0.4, 0.5) is 0 Å². The Morgan fingerprint density at radius 1 is 1.09 bits per heavy atom. The Hall–Kier alpha value is -2.58. The maximum Gasteiger partial charge on any atom is 0.251 e. The highest BCUT2D eigenvalue weighted by molar-refractivity contribution is 9.10. The van der Waals surface area contributed by atoms with E-state index in [4.69, 9.17) is 9.47 Å². The van der Waals surface area contributed by atoms with E-state index in [1.807, 2.05) is 35.2 Å². The van der Waals surface area contributed by atoms with Crippen molar-refractivity contribution >= 4 is 27.7 Å². The fraction of sp³-hybridized carbons (Fsp3) is 0.462. The lowest BCUT2D eigenvalue weighted by Gasteiger charge is -2.37. The number of nitrogens with one attached hydrogen (secondary N) is 1. The van der Waals surface area contributed by atoms with E-state index in [-0.39, 0.29) is 17.7 Å². The first-order valence-electron chi connectivity index (χ1n) is 11.8.